The molecule has 0 aliphatic carbocycles. The minimum absolute atomic E-state index is 0.0510. The van der Waals surface area contributed by atoms with E-state index in [0.29, 0.717) is 18.8 Å². The zero-order valence-corrected chi connectivity index (χ0v) is 11.1. The molecule has 0 aliphatic heterocycles. The molecule has 1 aromatic rings. The van der Waals surface area contributed by atoms with E-state index in [1.165, 1.54) is 12.1 Å². The normalized spacial score (nSPS) is 10.4. The molecule has 4 N–H and O–H groups in total. The van der Waals surface area contributed by atoms with Crippen LogP contribution in [0.1, 0.15) is 10.4 Å². The number of halogens is 2. The van der Waals surface area contributed by atoms with Crippen LogP contribution in [-0.2, 0) is 4.74 Å². The summed E-state index contributed by atoms with van der Waals surface area (Å²) >= 11 is 11.7. The van der Waals surface area contributed by atoms with Crippen molar-refractivity contribution in [1.29, 1.82) is 0 Å². The zero-order valence-electron chi connectivity index (χ0n) is 9.58. The quantitative estimate of drug-likeness (QED) is 0.545. The minimum atomic E-state index is -0.373. The molecule has 0 fully saturated rings. The fourth-order valence-electron chi connectivity index (χ4n) is 1.27. The first-order valence-corrected chi connectivity index (χ1v) is 6.03. The Morgan fingerprint density at radius 3 is 2.78 bits per heavy atom. The van der Waals surface area contributed by atoms with Gasteiger partial charge < -0.3 is 20.9 Å². The fourth-order valence-corrected chi connectivity index (χ4v) is 1.70. The third-order valence-corrected chi connectivity index (χ3v) is 2.86. The SMILES string of the molecule is Nc1cc(Cl)c(Cl)c(C(=O)NCCOCCO)c1. The summed E-state index contributed by atoms with van der Waals surface area (Å²) in [6.07, 6.45) is 0. The number of aliphatic hydroxyl groups is 1. The van der Waals surface area contributed by atoms with Gasteiger partial charge in [0, 0.05) is 12.2 Å². The maximum atomic E-state index is 11.8. The molecule has 0 saturated carbocycles. The van der Waals surface area contributed by atoms with Crippen LogP contribution in [0.2, 0.25) is 10.0 Å². The fraction of sp³-hybridized carbons (Fsp3) is 0.364. The molecule has 18 heavy (non-hydrogen) atoms. The lowest BCUT2D eigenvalue weighted by atomic mass is 10.2. The van der Waals surface area contributed by atoms with Crippen LogP contribution in [0.3, 0.4) is 0 Å². The number of nitrogens with two attached hydrogens (primary N) is 1. The van der Waals surface area contributed by atoms with E-state index in [4.69, 9.17) is 38.8 Å². The molecule has 0 heterocycles. The summed E-state index contributed by atoms with van der Waals surface area (Å²) in [7, 11) is 0. The van der Waals surface area contributed by atoms with Crippen molar-refractivity contribution in [3.8, 4) is 0 Å². The maximum absolute atomic E-state index is 11.8. The van der Waals surface area contributed by atoms with Gasteiger partial charge in [0.15, 0.2) is 0 Å². The van der Waals surface area contributed by atoms with Gasteiger partial charge in [-0.15, -0.1) is 0 Å². The van der Waals surface area contributed by atoms with E-state index in [9.17, 15) is 4.79 Å². The van der Waals surface area contributed by atoms with Gasteiger partial charge in [0.25, 0.3) is 5.91 Å². The Morgan fingerprint density at radius 2 is 2.11 bits per heavy atom. The lowest BCUT2D eigenvalue weighted by molar-refractivity contribution is 0.0838. The average molecular weight is 293 g/mol. The summed E-state index contributed by atoms with van der Waals surface area (Å²) in [5, 5.41) is 11.5. The van der Waals surface area contributed by atoms with E-state index in [1.807, 2.05) is 0 Å². The number of aliphatic hydroxyl groups excluding tert-OH is 1. The molecule has 1 aromatic carbocycles. The van der Waals surface area contributed by atoms with Crippen molar-refractivity contribution >= 4 is 34.8 Å². The maximum Gasteiger partial charge on any atom is 0.253 e. The molecule has 0 atom stereocenters. The van der Waals surface area contributed by atoms with E-state index in [-0.39, 0.29) is 34.7 Å². The lowest BCUT2D eigenvalue weighted by Crippen LogP contribution is -2.28. The number of nitrogens with one attached hydrogen (secondary N) is 1. The molecule has 5 nitrogen and oxygen atoms in total. The number of rotatable bonds is 6. The van der Waals surface area contributed by atoms with Gasteiger partial charge in [0.05, 0.1) is 35.4 Å². The summed E-state index contributed by atoms with van der Waals surface area (Å²) in [5.41, 5.74) is 6.18. The third-order valence-electron chi connectivity index (χ3n) is 2.06. The van der Waals surface area contributed by atoms with Gasteiger partial charge in [-0.25, -0.2) is 0 Å². The molecule has 0 spiro atoms. The molecule has 0 aromatic heterocycles. The molecular weight excluding hydrogens is 279 g/mol. The second-order valence-electron chi connectivity index (χ2n) is 3.46. The van der Waals surface area contributed by atoms with Crippen LogP contribution in [0.25, 0.3) is 0 Å². The summed E-state index contributed by atoms with van der Waals surface area (Å²) in [4.78, 5) is 11.8. The topological polar surface area (TPSA) is 84.6 Å². The summed E-state index contributed by atoms with van der Waals surface area (Å²) in [6, 6.07) is 2.93. The standard InChI is InChI=1S/C11H14Cl2N2O3/c12-9-6-7(14)5-8(10(9)13)11(17)15-1-3-18-4-2-16/h5-6,16H,1-4,14H2,(H,15,17). The Kier molecular flexibility index (Phi) is 6.21. The monoisotopic (exact) mass is 292 g/mol. The van der Waals surface area contributed by atoms with Crippen molar-refractivity contribution < 1.29 is 14.6 Å². The van der Waals surface area contributed by atoms with Crippen LogP contribution in [0, 0.1) is 0 Å². The number of anilines is 1. The highest BCUT2D eigenvalue weighted by atomic mass is 35.5. The van der Waals surface area contributed by atoms with Crippen molar-refractivity contribution in [1.82, 2.24) is 5.32 Å². The molecule has 0 radical (unpaired) electrons. The number of carbonyl (C=O) groups excluding carboxylic acids is 1. The largest absolute Gasteiger partial charge is 0.399 e. The number of ether oxygens (including phenoxy) is 1. The van der Waals surface area contributed by atoms with E-state index < -0.39 is 0 Å². The highest BCUT2D eigenvalue weighted by Crippen LogP contribution is 2.28. The summed E-state index contributed by atoms with van der Waals surface area (Å²) in [6.45, 7) is 0.799. The van der Waals surface area contributed by atoms with Gasteiger partial charge in [-0.3, -0.25) is 4.79 Å². The van der Waals surface area contributed by atoms with Gasteiger partial charge in [-0.2, -0.15) is 0 Å². The van der Waals surface area contributed by atoms with Gasteiger partial charge in [-0.1, -0.05) is 23.2 Å². The predicted octanol–water partition coefficient (Wildman–Crippen LogP) is 1.31. The first-order valence-electron chi connectivity index (χ1n) is 5.27. The van der Waals surface area contributed by atoms with Gasteiger partial charge >= 0.3 is 0 Å². The lowest BCUT2D eigenvalue weighted by Gasteiger charge is -2.09. The minimum Gasteiger partial charge on any atom is -0.399 e. The summed E-state index contributed by atoms with van der Waals surface area (Å²) in [5.74, 6) is -0.373. The highest BCUT2D eigenvalue weighted by molar-refractivity contribution is 6.44. The smallest absolute Gasteiger partial charge is 0.253 e. The molecule has 0 aliphatic rings. The van der Waals surface area contributed by atoms with Crippen LogP contribution in [0.4, 0.5) is 5.69 Å². The number of amides is 1. The zero-order chi connectivity index (χ0) is 13.5. The second-order valence-corrected chi connectivity index (χ2v) is 4.24. The van der Waals surface area contributed by atoms with Crippen LogP contribution in [0.15, 0.2) is 12.1 Å². The van der Waals surface area contributed by atoms with E-state index in [2.05, 4.69) is 5.32 Å². The highest BCUT2D eigenvalue weighted by Gasteiger charge is 2.13. The third kappa shape index (κ3) is 4.34. The molecule has 1 rings (SSSR count). The molecule has 0 saturated heterocycles. The Balaban J connectivity index is 2.56. The van der Waals surface area contributed by atoms with Crippen LogP contribution >= 0.6 is 23.2 Å². The number of hydrogen-bond donors (Lipinski definition) is 3. The number of benzene rings is 1. The van der Waals surface area contributed by atoms with Crippen LogP contribution < -0.4 is 11.1 Å². The molecule has 1 amide bonds. The van der Waals surface area contributed by atoms with Crippen LogP contribution in [-0.4, -0.2) is 37.4 Å². The average Bonchev–Trinajstić information content (AvgIpc) is 2.33. The van der Waals surface area contributed by atoms with Crippen molar-refractivity contribution in [2.75, 3.05) is 32.1 Å². The van der Waals surface area contributed by atoms with E-state index >= 15 is 0 Å². The van der Waals surface area contributed by atoms with Crippen molar-refractivity contribution in [2.45, 2.75) is 0 Å². The van der Waals surface area contributed by atoms with Crippen molar-refractivity contribution in [2.24, 2.45) is 0 Å². The van der Waals surface area contributed by atoms with Gasteiger partial charge in [0.1, 0.15) is 0 Å². The Hall–Kier alpha value is -1.01. The number of nitrogen functional groups attached to an aromatic ring is 1. The molecule has 7 heteroatoms. The Bertz CT molecular complexity index is 427. The molecular formula is C11H14Cl2N2O3. The first kappa shape index (κ1) is 15.0. The molecule has 0 unspecified atom stereocenters. The first-order chi connectivity index (χ1) is 8.56. The molecule has 100 valence electrons. The second kappa shape index (κ2) is 7.43. The van der Waals surface area contributed by atoms with E-state index in [1.54, 1.807) is 0 Å². The molecule has 0 bridgehead atoms. The van der Waals surface area contributed by atoms with Crippen molar-refractivity contribution in [3.63, 3.8) is 0 Å². The Morgan fingerprint density at radius 1 is 1.39 bits per heavy atom. The number of carbonyl (C=O) groups is 1. The van der Waals surface area contributed by atoms with Crippen molar-refractivity contribution in [3.05, 3.63) is 27.7 Å². The number of hydrogen-bond acceptors (Lipinski definition) is 4. The van der Waals surface area contributed by atoms with Gasteiger partial charge in [0.2, 0.25) is 0 Å². The van der Waals surface area contributed by atoms with Gasteiger partial charge in [-0.05, 0) is 12.1 Å². The van der Waals surface area contributed by atoms with E-state index in [0.717, 1.165) is 0 Å². The predicted molar refractivity (Wildman–Crippen MR) is 71.1 cm³/mol. The Labute approximate surface area is 115 Å². The summed E-state index contributed by atoms with van der Waals surface area (Å²) < 4.78 is 5.00. The van der Waals surface area contributed by atoms with Crippen LogP contribution in [0.5, 0.6) is 0 Å².